The molecule has 1 aromatic heterocycles. The zero-order valence-electron chi connectivity index (χ0n) is 15.5. The summed E-state index contributed by atoms with van der Waals surface area (Å²) < 4.78 is 18.6. The number of nitrogens with zero attached hydrogens (tertiary/aromatic N) is 2. The molecule has 0 amide bonds. The molecule has 0 spiro atoms. The number of hydrogen-bond acceptors (Lipinski definition) is 7. The maximum absolute atomic E-state index is 11.3. The van der Waals surface area contributed by atoms with Gasteiger partial charge in [-0.05, 0) is 43.4 Å². The van der Waals surface area contributed by atoms with Crippen molar-refractivity contribution in [3.63, 3.8) is 0 Å². The highest BCUT2D eigenvalue weighted by molar-refractivity contribution is 7.71. The lowest BCUT2D eigenvalue weighted by atomic mass is 9.85. The van der Waals surface area contributed by atoms with E-state index < -0.39 is 22.7 Å². The first-order valence-electron chi connectivity index (χ1n) is 8.70. The second-order valence-corrected chi connectivity index (χ2v) is 7.85. The van der Waals surface area contributed by atoms with E-state index in [4.69, 9.17) is 37.7 Å². The fourth-order valence-corrected chi connectivity index (χ4v) is 4.21. The van der Waals surface area contributed by atoms with Crippen LogP contribution in [0.4, 0.5) is 5.69 Å². The number of hydrogen-bond donors (Lipinski definition) is 1. The molecule has 1 N–H and O–H groups in total. The van der Waals surface area contributed by atoms with Gasteiger partial charge in [0, 0.05) is 29.8 Å². The third-order valence-corrected chi connectivity index (χ3v) is 5.59. The predicted molar refractivity (Wildman–Crippen MR) is 108 cm³/mol. The number of methoxy groups -OCH3 is 1. The normalized spacial score (nSPS) is 23.6. The number of aliphatic hydroxyl groups is 1. The van der Waals surface area contributed by atoms with E-state index in [9.17, 15) is 15.2 Å². The van der Waals surface area contributed by atoms with Crippen LogP contribution in [-0.4, -0.2) is 40.0 Å². The van der Waals surface area contributed by atoms with E-state index in [1.807, 2.05) is 0 Å². The number of fused-ring (bicyclic) bond motifs is 2. The SMILES string of the molecule is COC[C@]1(C)Oc2ccc([N+](=O)[O-])cc2[C@@H](n2c(=S)oc3ccc(Cl)cc32)[C@H]1O. The Morgan fingerprint density at radius 2 is 2.14 bits per heavy atom. The number of aromatic nitrogens is 1. The second-order valence-electron chi connectivity index (χ2n) is 7.07. The number of ether oxygens (including phenoxy) is 2. The molecule has 1 aliphatic heterocycles. The van der Waals surface area contributed by atoms with Gasteiger partial charge < -0.3 is 19.0 Å². The maximum atomic E-state index is 11.3. The molecule has 0 saturated heterocycles. The lowest BCUT2D eigenvalue weighted by Gasteiger charge is -2.43. The van der Waals surface area contributed by atoms with Gasteiger partial charge in [0.25, 0.3) is 10.5 Å². The molecule has 3 atom stereocenters. The molecule has 10 heteroatoms. The standard InChI is InChI=1S/C19H17ClN2O6S/c1-19(9-26-2)17(23)16(12-8-11(22(24)25)4-6-14(12)28-19)21-13-7-10(20)3-5-15(13)27-18(21)29/h3-8,16-17,23H,9H2,1-2H3/t16-,17-,19+/m1/s1. The van der Waals surface area contributed by atoms with Crippen LogP contribution in [0.15, 0.2) is 40.8 Å². The molecule has 2 aromatic carbocycles. The second kappa shape index (κ2) is 7.10. The average Bonchev–Trinajstić information content (AvgIpc) is 2.98. The number of rotatable bonds is 4. The maximum Gasteiger partial charge on any atom is 0.270 e. The average molecular weight is 437 g/mol. The molecular weight excluding hydrogens is 420 g/mol. The van der Waals surface area contributed by atoms with E-state index in [0.29, 0.717) is 27.4 Å². The molecule has 2 heterocycles. The Bertz CT molecular complexity index is 1180. The number of nitro groups is 1. The van der Waals surface area contributed by atoms with Gasteiger partial charge in [-0.3, -0.25) is 14.7 Å². The van der Waals surface area contributed by atoms with E-state index >= 15 is 0 Å². The summed E-state index contributed by atoms with van der Waals surface area (Å²) >= 11 is 11.6. The summed E-state index contributed by atoms with van der Waals surface area (Å²) in [5.41, 5.74) is 0.208. The smallest absolute Gasteiger partial charge is 0.270 e. The quantitative estimate of drug-likeness (QED) is 0.370. The Morgan fingerprint density at radius 3 is 2.83 bits per heavy atom. The number of oxazole rings is 1. The molecule has 4 rings (SSSR count). The Hall–Kier alpha value is -2.46. The molecule has 0 saturated carbocycles. The first kappa shape index (κ1) is 19.8. The molecule has 29 heavy (non-hydrogen) atoms. The van der Waals surface area contributed by atoms with Gasteiger partial charge in [-0.2, -0.15) is 0 Å². The van der Waals surface area contributed by atoms with E-state index in [0.717, 1.165) is 0 Å². The Morgan fingerprint density at radius 1 is 1.38 bits per heavy atom. The summed E-state index contributed by atoms with van der Waals surface area (Å²) in [6, 6.07) is 8.44. The fraction of sp³-hybridized carbons (Fsp3) is 0.316. The van der Waals surface area contributed by atoms with Gasteiger partial charge in [0.1, 0.15) is 11.9 Å². The van der Waals surface area contributed by atoms with E-state index in [-0.39, 0.29) is 17.1 Å². The van der Waals surface area contributed by atoms with Crippen molar-refractivity contribution in [1.82, 2.24) is 4.57 Å². The Balaban J connectivity index is 2.02. The van der Waals surface area contributed by atoms with Crippen LogP contribution in [0, 0.1) is 15.0 Å². The third kappa shape index (κ3) is 3.20. The van der Waals surface area contributed by atoms with Gasteiger partial charge in [0.2, 0.25) is 0 Å². The van der Waals surface area contributed by atoms with Crippen molar-refractivity contribution in [3.8, 4) is 5.75 Å². The van der Waals surface area contributed by atoms with Crippen molar-refractivity contribution in [3.05, 3.63) is 61.9 Å². The van der Waals surface area contributed by atoms with Crippen molar-refractivity contribution in [2.45, 2.75) is 24.7 Å². The predicted octanol–water partition coefficient (Wildman–Crippen LogP) is 4.27. The van der Waals surface area contributed by atoms with Crippen LogP contribution in [0.5, 0.6) is 5.75 Å². The van der Waals surface area contributed by atoms with Gasteiger partial charge in [-0.15, -0.1) is 0 Å². The van der Waals surface area contributed by atoms with E-state index in [1.165, 1.54) is 25.3 Å². The van der Waals surface area contributed by atoms with Crippen molar-refractivity contribution in [1.29, 1.82) is 0 Å². The monoisotopic (exact) mass is 436 g/mol. The molecule has 3 aromatic rings. The summed E-state index contributed by atoms with van der Waals surface area (Å²) in [5, 5.41) is 23.1. The Labute approximate surface area is 175 Å². The zero-order valence-corrected chi connectivity index (χ0v) is 17.1. The molecule has 0 fully saturated rings. The van der Waals surface area contributed by atoms with Gasteiger partial charge in [-0.25, -0.2) is 0 Å². The molecule has 0 radical (unpaired) electrons. The molecule has 1 aliphatic rings. The molecule has 0 aliphatic carbocycles. The van der Waals surface area contributed by atoms with Crippen molar-refractivity contribution in [2.24, 2.45) is 0 Å². The summed E-state index contributed by atoms with van der Waals surface area (Å²) in [4.78, 5) is 10.9. The largest absolute Gasteiger partial charge is 0.482 e. The van der Waals surface area contributed by atoms with Crippen LogP contribution in [0.1, 0.15) is 18.5 Å². The number of halogens is 1. The lowest BCUT2D eigenvalue weighted by molar-refractivity contribution is -0.385. The van der Waals surface area contributed by atoms with Crippen LogP contribution in [0.25, 0.3) is 11.1 Å². The number of benzene rings is 2. The van der Waals surface area contributed by atoms with Crippen LogP contribution in [-0.2, 0) is 4.74 Å². The minimum atomic E-state index is -1.15. The first-order valence-corrected chi connectivity index (χ1v) is 9.49. The Kier molecular flexibility index (Phi) is 4.86. The molecular formula is C19H17ClN2O6S. The first-order chi connectivity index (χ1) is 13.7. The zero-order chi connectivity index (χ0) is 20.9. The van der Waals surface area contributed by atoms with Crippen LogP contribution in [0.3, 0.4) is 0 Å². The summed E-state index contributed by atoms with van der Waals surface area (Å²) in [5.74, 6) is 0.392. The van der Waals surface area contributed by atoms with Crippen molar-refractivity contribution < 1.29 is 23.9 Å². The van der Waals surface area contributed by atoms with Crippen LogP contribution >= 0.6 is 23.8 Å². The highest BCUT2D eigenvalue weighted by atomic mass is 35.5. The van der Waals surface area contributed by atoms with Crippen LogP contribution in [0.2, 0.25) is 5.02 Å². The molecule has 0 bridgehead atoms. The topological polar surface area (TPSA) is 99.9 Å². The lowest BCUT2D eigenvalue weighted by Crippen LogP contribution is -2.55. The summed E-state index contributed by atoms with van der Waals surface area (Å²) in [7, 11) is 1.50. The summed E-state index contributed by atoms with van der Waals surface area (Å²) in [6.07, 6.45) is -1.15. The highest BCUT2D eigenvalue weighted by Crippen LogP contribution is 2.45. The van der Waals surface area contributed by atoms with Gasteiger partial charge >= 0.3 is 0 Å². The van der Waals surface area contributed by atoms with Crippen molar-refractivity contribution >= 4 is 40.6 Å². The van der Waals surface area contributed by atoms with Crippen LogP contribution < -0.4 is 4.74 Å². The summed E-state index contributed by atoms with van der Waals surface area (Å²) in [6.45, 7) is 1.79. The highest BCUT2D eigenvalue weighted by Gasteiger charge is 2.48. The minimum Gasteiger partial charge on any atom is -0.482 e. The number of nitro benzene ring substituents is 1. The minimum absolute atomic E-state index is 0.0883. The van der Waals surface area contributed by atoms with Gasteiger partial charge in [0.05, 0.1) is 23.1 Å². The van der Waals surface area contributed by atoms with Gasteiger partial charge in [0.15, 0.2) is 11.2 Å². The number of non-ortho nitro benzene ring substituents is 1. The fourth-order valence-electron chi connectivity index (χ4n) is 3.74. The third-order valence-electron chi connectivity index (χ3n) is 5.07. The molecule has 0 unspecified atom stereocenters. The molecule has 8 nitrogen and oxygen atoms in total. The van der Waals surface area contributed by atoms with E-state index in [2.05, 4.69) is 0 Å². The van der Waals surface area contributed by atoms with Gasteiger partial charge in [-0.1, -0.05) is 11.6 Å². The van der Waals surface area contributed by atoms with Crippen molar-refractivity contribution in [2.75, 3.05) is 13.7 Å². The molecule has 152 valence electrons. The number of aliphatic hydroxyl groups excluding tert-OH is 1. The van der Waals surface area contributed by atoms with E-state index in [1.54, 1.807) is 29.7 Å².